The number of carbonyl (C=O) groups is 3. The van der Waals surface area contributed by atoms with Crippen molar-refractivity contribution in [3.05, 3.63) is 102 Å². The number of hydrogen-bond donors (Lipinski definition) is 3. The number of likely N-dealkylation sites (N-methyl/N-ethyl adjacent to an activating group) is 1. The van der Waals surface area contributed by atoms with Crippen molar-refractivity contribution >= 4 is 40.0 Å². The van der Waals surface area contributed by atoms with E-state index in [1.807, 2.05) is 79.7 Å². The SMILES string of the molecule is C[C@@H]1CN([C@H](C)CO)C(=O)c2cc(NC(=O)Cc3ccccc3)ccc2O[C@@H]1CN(C)C(=O)Nc1cccc2ccccc12. The second-order valence-electron chi connectivity index (χ2n) is 11.4. The highest BCUT2D eigenvalue weighted by Gasteiger charge is 2.34. The van der Waals surface area contributed by atoms with Crippen LogP contribution < -0.4 is 15.4 Å². The normalized spacial score (nSPS) is 17.1. The first-order valence-corrected chi connectivity index (χ1v) is 14.8. The van der Waals surface area contributed by atoms with Crippen LogP contribution in [0.3, 0.4) is 0 Å². The molecule has 4 aromatic carbocycles. The molecule has 0 unspecified atom stereocenters. The van der Waals surface area contributed by atoms with Crippen LogP contribution in [0.4, 0.5) is 16.2 Å². The third kappa shape index (κ3) is 7.01. The van der Waals surface area contributed by atoms with Crippen LogP contribution in [0.5, 0.6) is 5.75 Å². The van der Waals surface area contributed by atoms with Crippen LogP contribution in [-0.4, -0.2) is 71.6 Å². The summed E-state index contributed by atoms with van der Waals surface area (Å²) in [5.41, 5.74) is 2.34. The number of nitrogens with one attached hydrogen (secondary N) is 2. The van der Waals surface area contributed by atoms with Gasteiger partial charge < -0.3 is 30.3 Å². The average Bonchev–Trinajstić information content (AvgIpc) is 3.03. The molecule has 44 heavy (non-hydrogen) atoms. The molecule has 0 aliphatic carbocycles. The number of ether oxygens (including phenoxy) is 1. The number of rotatable bonds is 8. The Balaban J connectivity index is 1.36. The monoisotopic (exact) mass is 594 g/mol. The molecular formula is C35H38N4O5. The zero-order chi connectivity index (χ0) is 31.2. The second-order valence-corrected chi connectivity index (χ2v) is 11.4. The first-order chi connectivity index (χ1) is 21.2. The minimum absolute atomic E-state index is 0.167. The molecule has 5 rings (SSSR count). The van der Waals surface area contributed by atoms with Gasteiger partial charge in [0, 0.05) is 30.6 Å². The lowest BCUT2D eigenvalue weighted by atomic mass is 9.99. The summed E-state index contributed by atoms with van der Waals surface area (Å²) in [5.74, 6) is -0.320. The van der Waals surface area contributed by atoms with Gasteiger partial charge in [0.15, 0.2) is 0 Å². The zero-order valence-electron chi connectivity index (χ0n) is 25.2. The highest BCUT2D eigenvalue weighted by Crippen LogP contribution is 2.31. The first-order valence-electron chi connectivity index (χ1n) is 14.8. The van der Waals surface area contributed by atoms with E-state index in [1.54, 1.807) is 42.0 Å². The lowest BCUT2D eigenvalue weighted by Gasteiger charge is -2.38. The molecule has 0 bridgehead atoms. The maximum Gasteiger partial charge on any atom is 0.321 e. The lowest BCUT2D eigenvalue weighted by Crippen LogP contribution is -2.50. The number of anilines is 2. The van der Waals surface area contributed by atoms with E-state index >= 15 is 0 Å². The quantitative estimate of drug-likeness (QED) is 0.253. The fourth-order valence-electron chi connectivity index (χ4n) is 5.40. The van der Waals surface area contributed by atoms with Gasteiger partial charge in [0.1, 0.15) is 11.9 Å². The topological polar surface area (TPSA) is 111 Å². The molecule has 0 spiro atoms. The molecule has 3 atom stereocenters. The minimum Gasteiger partial charge on any atom is -0.487 e. The number of nitrogens with zero attached hydrogens (tertiary/aromatic N) is 2. The summed E-state index contributed by atoms with van der Waals surface area (Å²) >= 11 is 0. The van der Waals surface area contributed by atoms with E-state index in [-0.39, 0.29) is 48.9 Å². The van der Waals surface area contributed by atoms with Crippen molar-refractivity contribution in [3.63, 3.8) is 0 Å². The van der Waals surface area contributed by atoms with Crippen molar-refractivity contribution in [2.45, 2.75) is 32.4 Å². The van der Waals surface area contributed by atoms with Gasteiger partial charge >= 0.3 is 6.03 Å². The number of benzene rings is 4. The average molecular weight is 595 g/mol. The number of fused-ring (bicyclic) bond motifs is 2. The highest BCUT2D eigenvalue weighted by atomic mass is 16.5. The Morgan fingerprint density at radius 1 is 1.00 bits per heavy atom. The van der Waals surface area contributed by atoms with Gasteiger partial charge in [0.05, 0.1) is 36.9 Å². The molecule has 228 valence electrons. The van der Waals surface area contributed by atoms with E-state index < -0.39 is 12.1 Å². The van der Waals surface area contributed by atoms with Gasteiger partial charge in [-0.25, -0.2) is 4.79 Å². The molecule has 1 heterocycles. The molecule has 9 heteroatoms. The number of hydrogen-bond acceptors (Lipinski definition) is 5. The van der Waals surface area contributed by atoms with Crippen LogP contribution in [-0.2, 0) is 11.2 Å². The van der Waals surface area contributed by atoms with Crippen LogP contribution >= 0.6 is 0 Å². The zero-order valence-corrected chi connectivity index (χ0v) is 25.2. The summed E-state index contributed by atoms with van der Waals surface area (Å²) in [5, 5.41) is 17.8. The smallest absolute Gasteiger partial charge is 0.321 e. The van der Waals surface area contributed by atoms with Crippen LogP contribution in [0.25, 0.3) is 10.8 Å². The van der Waals surface area contributed by atoms with Crippen LogP contribution in [0.15, 0.2) is 91.0 Å². The maximum absolute atomic E-state index is 13.8. The molecule has 0 saturated heterocycles. The Morgan fingerprint density at radius 2 is 1.73 bits per heavy atom. The molecule has 0 fully saturated rings. The summed E-state index contributed by atoms with van der Waals surface area (Å²) in [7, 11) is 1.71. The van der Waals surface area contributed by atoms with E-state index in [4.69, 9.17) is 4.74 Å². The molecule has 4 aromatic rings. The van der Waals surface area contributed by atoms with Crippen LogP contribution in [0.1, 0.15) is 29.8 Å². The number of carbonyl (C=O) groups excluding carboxylic acids is 3. The number of aliphatic hydroxyl groups is 1. The summed E-state index contributed by atoms with van der Waals surface area (Å²) in [4.78, 5) is 43.0. The van der Waals surface area contributed by atoms with Gasteiger partial charge in [-0.15, -0.1) is 0 Å². The van der Waals surface area contributed by atoms with Gasteiger partial charge in [-0.3, -0.25) is 9.59 Å². The molecule has 9 nitrogen and oxygen atoms in total. The summed E-state index contributed by atoms with van der Waals surface area (Å²) < 4.78 is 6.43. The third-order valence-corrected chi connectivity index (χ3v) is 7.99. The third-order valence-electron chi connectivity index (χ3n) is 7.99. The molecule has 1 aliphatic heterocycles. The number of aliphatic hydroxyl groups excluding tert-OH is 1. The molecule has 0 saturated carbocycles. The Kier molecular flexibility index (Phi) is 9.45. The van der Waals surface area contributed by atoms with Crippen molar-refractivity contribution in [1.82, 2.24) is 9.80 Å². The van der Waals surface area contributed by atoms with Crippen molar-refractivity contribution in [2.24, 2.45) is 5.92 Å². The largest absolute Gasteiger partial charge is 0.487 e. The first kappa shape index (κ1) is 30.6. The fourth-order valence-corrected chi connectivity index (χ4v) is 5.40. The summed E-state index contributed by atoms with van der Waals surface area (Å²) in [6, 6.07) is 27.3. The van der Waals surface area contributed by atoms with Crippen LogP contribution in [0, 0.1) is 5.92 Å². The van der Waals surface area contributed by atoms with E-state index in [0.717, 1.165) is 16.3 Å². The van der Waals surface area contributed by atoms with E-state index in [1.165, 1.54) is 0 Å². The lowest BCUT2D eigenvalue weighted by molar-refractivity contribution is -0.115. The predicted molar refractivity (Wildman–Crippen MR) is 172 cm³/mol. The predicted octanol–water partition coefficient (Wildman–Crippen LogP) is 5.41. The fraction of sp³-hybridized carbons (Fsp3) is 0.286. The molecule has 0 radical (unpaired) electrons. The van der Waals surface area contributed by atoms with Crippen LogP contribution in [0.2, 0.25) is 0 Å². The van der Waals surface area contributed by atoms with Gasteiger partial charge in [0.2, 0.25) is 5.91 Å². The van der Waals surface area contributed by atoms with Crippen molar-refractivity contribution in [2.75, 3.05) is 37.4 Å². The van der Waals surface area contributed by atoms with E-state index in [0.29, 0.717) is 23.7 Å². The Labute approximate surface area is 257 Å². The molecule has 1 aliphatic rings. The Hall–Kier alpha value is -4.89. The maximum atomic E-state index is 13.8. The van der Waals surface area contributed by atoms with Gasteiger partial charge in [-0.1, -0.05) is 73.7 Å². The van der Waals surface area contributed by atoms with Gasteiger partial charge in [-0.2, -0.15) is 0 Å². The van der Waals surface area contributed by atoms with E-state index in [2.05, 4.69) is 10.6 Å². The molecule has 4 amide bonds. The molecular weight excluding hydrogens is 556 g/mol. The Bertz CT molecular complexity index is 1640. The van der Waals surface area contributed by atoms with Crippen molar-refractivity contribution in [1.29, 1.82) is 0 Å². The number of urea groups is 1. The highest BCUT2D eigenvalue weighted by molar-refractivity contribution is 6.02. The van der Waals surface area contributed by atoms with E-state index in [9.17, 15) is 19.5 Å². The van der Waals surface area contributed by atoms with Crippen molar-refractivity contribution < 1.29 is 24.2 Å². The second kappa shape index (κ2) is 13.6. The molecule has 3 N–H and O–H groups in total. The summed E-state index contributed by atoms with van der Waals surface area (Å²) in [6.45, 7) is 4.11. The Morgan fingerprint density at radius 3 is 2.50 bits per heavy atom. The number of amides is 4. The van der Waals surface area contributed by atoms with Gasteiger partial charge in [0.25, 0.3) is 5.91 Å². The minimum atomic E-state index is -0.461. The van der Waals surface area contributed by atoms with Crippen molar-refractivity contribution in [3.8, 4) is 5.75 Å². The van der Waals surface area contributed by atoms with Gasteiger partial charge in [-0.05, 0) is 42.1 Å². The summed E-state index contributed by atoms with van der Waals surface area (Å²) in [6.07, 6.45) is -0.264. The molecule has 0 aromatic heterocycles. The standard InChI is InChI=1S/C35H38N4O5/c1-23-20-39(24(2)22-40)34(42)29-19-27(36-33(41)18-25-10-5-4-6-11-25)16-17-31(29)44-32(23)21-38(3)35(43)37-30-15-9-13-26-12-7-8-14-28(26)30/h4-17,19,23-24,32,40H,18,20-22H2,1-3H3,(H,36,41)(H,37,43)/t23-,24-,32-/m1/s1.